The monoisotopic (exact) mass is 308 g/mol. The van der Waals surface area contributed by atoms with Crippen LogP contribution in [0.3, 0.4) is 0 Å². The molecule has 1 heterocycles. The van der Waals surface area contributed by atoms with E-state index < -0.39 is 12.0 Å². The Morgan fingerprint density at radius 3 is 2.68 bits per heavy atom. The Morgan fingerprint density at radius 1 is 1.53 bits per heavy atom. The van der Waals surface area contributed by atoms with Crippen LogP contribution in [0.2, 0.25) is 10.4 Å². The second kappa shape index (κ2) is 7.32. The molecule has 9 heteroatoms. The number of hydrogen-bond donors (Lipinski definition) is 3. The summed E-state index contributed by atoms with van der Waals surface area (Å²) >= 11 is 11.5. The minimum Gasteiger partial charge on any atom is -0.467 e. The molecule has 1 amide bonds. The molecule has 0 bridgehead atoms. The van der Waals surface area contributed by atoms with Gasteiger partial charge in [-0.05, 0) is 11.6 Å². The van der Waals surface area contributed by atoms with Gasteiger partial charge in [-0.1, -0.05) is 11.6 Å². The summed E-state index contributed by atoms with van der Waals surface area (Å²) in [5.74, 6) is -0.938. The van der Waals surface area contributed by atoms with Crippen molar-refractivity contribution in [1.82, 2.24) is 15.3 Å². The van der Waals surface area contributed by atoms with E-state index in [0.717, 1.165) is 0 Å². The van der Waals surface area contributed by atoms with Crippen molar-refractivity contribution in [2.45, 2.75) is 18.9 Å². The van der Waals surface area contributed by atoms with Crippen molar-refractivity contribution in [3.8, 4) is 0 Å². The van der Waals surface area contributed by atoms with Crippen LogP contribution in [0.5, 0.6) is 0 Å². The second-order valence-electron chi connectivity index (χ2n) is 3.68. The normalized spacial score (nSPS) is 12.0. The first-order chi connectivity index (χ1) is 8.97. The largest absolute Gasteiger partial charge is 0.467 e. The minimum absolute atomic E-state index is 0.0987. The molecule has 0 saturated carbocycles. The molecule has 106 valence electrons. The Hall–Kier alpha value is -1.31. The SMILES string of the molecule is COC(=O)[C@H](Cc1[nH]c(Cl)nc1Cl)NC(=O)CCN. The number of nitrogens with two attached hydrogens (primary N) is 1. The van der Waals surface area contributed by atoms with Crippen LogP contribution in [0.15, 0.2) is 0 Å². The van der Waals surface area contributed by atoms with E-state index in [1.807, 2.05) is 0 Å². The molecular formula is C10H14Cl2N4O3. The van der Waals surface area contributed by atoms with Crippen LogP contribution < -0.4 is 11.1 Å². The van der Waals surface area contributed by atoms with Gasteiger partial charge in [0.15, 0.2) is 5.15 Å². The van der Waals surface area contributed by atoms with E-state index in [1.165, 1.54) is 7.11 Å². The molecule has 1 aromatic heterocycles. The fourth-order valence-corrected chi connectivity index (χ4v) is 1.88. The Kier molecular flexibility index (Phi) is 6.07. The third-order valence-corrected chi connectivity index (χ3v) is 2.79. The molecule has 0 aliphatic heterocycles. The number of nitrogens with zero attached hydrogens (tertiary/aromatic N) is 1. The molecular weight excluding hydrogens is 295 g/mol. The zero-order chi connectivity index (χ0) is 14.4. The molecule has 0 saturated heterocycles. The standard InChI is InChI=1S/C10H14Cl2N4O3/c1-19-9(18)6(14-7(17)2-3-13)4-5-8(11)16-10(12)15-5/h6H,2-4,13H2,1H3,(H,14,17)(H,15,16)/t6-/m0/s1. The smallest absolute Gasteiger partial charge is 0.328 e. The number of halogens is 2. The van der Waals surface area contributed by atoms with Crippen molar-refractivity contribution in [2.24, 2.45) is 5.73 Å². The van der Waals surface area contributed by atoms with E-state index in [-0.39, 0.29) is 35.7 Å². The van der Waals surface area contributed by atoms with Gasteiger partial charge in [0.05, 0.1) is 12.8 Å². The van der Waals surface area contributed by atoms with Crippen molar-refractivity contribution in [3.63, 3.8) is 0 Å². The Labute approximate surface area is 119 Å². The quantitative estimate of drug-likeness (QED) is 0.653. The van der Waals surface area contributed by atoms with E-state index in [1.54, 1.807) is 0 Å². The number of esters is 1. The summed E-state index contributed by atoms with van der Waals surface area (Å²) in [6, 6.07) is -0.877. The van der Waals surface area contributed by atoms with Gasteiger partial charge in [-0.15, -0.1) is 0 Å². The molecule has 0 radical (unpaired) electrons. The molecule has 0 unspecified atom stereocenters. The number of aromatic nitrogens is 2. The number of rotatable bonds is 6. The number of methoxy groups -OCH3 is 1. The molecule has 1 aromatic rings. The topological polar surface area (TPSA) is 110 Å². The number of aromatic amines is 1. The van der Waals surface area contributed by atoms with Crippen LogP contribution in [-0.2, 0) is 20.7 Å². The highest BCUT2D eigenvalue weighted by molar-refractivity contribution is 6.32. The van der Waals surface area contributed by atoms with Crippen LogP contribution in [0.1, 0.15) is 12.1 Å². The third kappa shape index (κ3) is 4.70. The predicted octanol–water partition coefficient (Wildman–Crippen LogP) is 0.266. The first kappa shape index (κ1) is 15.7. The third-order valence-electron chi connectivity index (χ3n) is 2.30. The predicted molar refractivity (Wildman–Crippen MR) is 69.9 cm³/mol. The number of nitrogens with one attached hydrogen (secondary N) is 2. The van der Waals surface area contributed by atoms with E-state index >= 15 is 0 Å². The molecule has 0 aliphatic rings. The van der Waals surface area contributed by atoms with Crippen LogP contribution in [0, 0.1) is 0 Å². The highest BCUT2D eigenvalue weighted by atomic mass is 35.5. The molecule has 0 aliphatic carbocycles. The summed E-state index contributed by atoms with van der Waals surface area (Å²) in [4.78, 5) is 29.5. The summed E-state index contributed by atoms with van der Waals surface area (Å²) < 4.78 is 4.61. The molecule has 19 heavy (non-hydrogen) atoms. The molecule has 0 spiro atoms. The maximum atomic E-state index is 11.6. The number of H-pyrrole nitrogens is 1. The average Bonchev–Trinajstić information content (AvgIpc) is 2.66. The van der Waals surface area contributed by atoms with Gasteiger partial charge in [0.2, 0.25) is 11.2 Å². The summed E-state index contributed by atoms with van der Waals surface area (Å²) in [6.07, 6.45) is 0.215. The zero-order valence-corrected chi connectivity index (χ0v) is 11.7. The average molecular weight is 309 g/mol. The van der Waals surface area contributed by atoms with Gasteiger partial charge >= 0.3 is 5.97 Å². The number of imidazole rings is 1. The zero-order valence-electron chi connectivity index (χ0n) is 10.2. The van der Waals surface area contributed by atoms with E-state index in [4.69, 9.17) is 28.9 Å². The highest BCUT2D eigenvalue weighted by Gasteiger charge is 2.24. The van der Waals surface area contributed by atoms with Gasteiger partial charge in [-0.2, -0.15) is 0 Å². The molecule has 4 N–H and O–H groups in total. The minimum atomic E-state index is -0.877. The molecule has 7 nitrogen and oxygen atoms in total. The van der Waals surface area contributed by atoms with Crippen molar-refractivity contribution < 1.29 is 14.3 Å². The Bertz CT molecular complexity index is 464. The number of hydrogen-bond acceptors (Lipinski definition) is 5. The van der Waals surface area contributed by atoms with Crippen LogP contribution in [0.25, 0.3) is 0 Å². The maximum absolute atomic E-state index is 11.6. The van der Waals surface area contributed by atoms with Crippen molar-refractivity contribution in [3.05, 3.63) is 16.1 Å². The summed E-state index contributed by atoms with van der Waals surface area (Å²) in [6.45, 7) is 0.191. The Morgan fingerprint density at radius 2 is 2.21 bits per heavy atom. The Balaban J connectivity index is 2.77. The number of carbonyl (C=O) groups excluding carboxylic acids is 2. The summed E-state index contributed by atoms with van der Waals surface area (Å²) in [5.41, 5.74) is 5.70. The van der Waals surface area contributed by atoms with Gasteiger partial charge < -0.3 is 20.8 Å². The lowest BCUT2D eigenvalue weighted by atomic mass is 10.1. The number of amides is 1. The molecule has 1 atom stereocenters. The second-order valence-corrected chi connectivity index (χ2v) is 4.40. The lowest BCUT2D eigenvalue weighted by Crippen LogP contribution is -2.43. The maximum Gasteiger partial charge on any atom is 0.328 e. The van der Waals surface area contributed by atoms with Gasteiger partial charge in [-0.3, -0.25) is 4.79 Å². The van der Waals surface area contributed by atoms with E-state index in [0.29, 0.717) is 5.69 Å². The van der Waals surface area contributed by atoms with Crippen molar-refractivity contribution >= 4 is 35.1 Å². The van der Waals surface area contributed by atoms with Crippen LogP contribution in [-0.4, -0.2) is 41.5 Å². The number of ether oxygens (including phenoxy) is 1. The van der Waals surface area contributed by atoms with Crippen molar-refractivity contribution in [1.29, 1.82) is 0 Å². The summed E-state index contributed by atoms with van der Waals surface area (Å²) in [5, 5.41) is 2.76. The van der Waals surface area contributed by atoms with Gasteiger partial charge in [0.25, 0.3) is 0 Å². The van der Waals surface area contributed by atoms with Crippen molar-refractivity contribution in [2.75, 3.05) is 13.7 Å². The molecule has 0 aromatic carbocycles. The summed E-state index contributed by atoms with van der Waals surface area (Å²) in [7, 11) is 1.23. The van der Waals surface area contributed by atoms with Crippen LogP contribution in [0.4, 0.5) is 0 Å². The lowest BCUT2D eigenvalue weighted by Gasteiger charge is -2.15. The van der Waals surface area contributed by atoms with Gasteiger partial charge in [0, 0.05) is 19.4 Å². The lowest BCUT2D eigenvalue weighted by molar-refractivity contribution is -0.145. The molecule has 1 rings (SSSR count). The fourth-order valence-electron chi connectivity index (χ4n) is 1.43. The first-order valence-corrected chi connectivity index (χ1v) is 6.20. The fraction of sp³-hybridized carbons (Fsp3) is 0.500. The van der Waals surface area contributed by atoms with E-state index in [2.05, 4.69) is 20.0 Å². The van der Waals surface area contributed by atoms with Crippen LogP contribution >= 0.6 is 23.2 Å². The van der Waals surface area contributed by atoms with E-state index in [9.17, 15) is 9.59 Å². The van der Waals surface area contributed by atoms with Gasteiger partial charge in [-0.25, -0.2) is 9.78 Å². The van der Waals surface area contributed by atoms with Gasteiger partial charge in [0.1, 0.15) is 6.04 Å². The number of carbonyl (C=O) groups is 2. The first-order valence-electron chi connectivity index (χ1n) is 5.45. The molecule has 0 fully saturated rings. The highest BCUT2D eigenvalue weighted by Crippen LogP contribution is 2.17.